The van der Waals surface area contributed by atoms with Gasteiger partial charge in [-0.3, -0.25) is 4.79 Å². The Morgan fingerprint density at radius 1 is 1.28 bits per heavy atom. The highest BCUT2D eigenvalue weighted by molar-refractivity contribution is 6.30. The molecule has 0 aromatic carbocycles. The van der Waals surface area contributed by atoms with Crippen LogP contribution in [0, 0.1) is 5.92 Å². The first-order chi connectivity index (χ1) is 13.8. The van der Waals surface area contributed by atoms with Gasteiger partial charge in [0.1, 0.15) is 18.0 Å². The van der Waals surface area contributed by atoms with E-state index in [9.17, 15) is 18.0 Å². The topological polar surface area (TPSA) is 88.3 Å². The number of rotatable bonds is 3. The predicted octanol–water partition coefficient (Wildman–Crippen LogP) is 3.05. The van der Waals surface area contributed by atoms with Crippen LogP contribution in [-0.4, -0.2) is 43.6 Å². The normalized spacial score (nSPS) is 17.5. The van der Waals surface area contributed by atoms with Crippen molar-refractivity contribution in [3.8, 4) is 0 Å². The molecule has 0 radical (unpaired) electrons. The molecular formula is C17H15ClF3N7O. The Morgan fingerprint density at radius 3 is 2.83 bits per heavy atom. The van der Waals surface area contributed by atoms with Crippen LogP contribution in [0.15, 0.2) is 30.7 Å². The monoisotopic (exact) mass is 425 g/mol. The molecule has 1 aliphatic heterocycles. The summed E-state index contributed by atoms with van der Waals surface area (Å²) in [6.45, 7) is 0.717. The van der Waals surface area contributed by atoms with Gasteiger partial charge in [0.25, 0.3) is 5.78 Å². The largest absolute Gasteiger partial charge is 0.433 e. The molecule has 1 fully saturated rings. The van der Waals surface area contributed by atoms with E-state index in [0.29, 0.717) is 30.2 Å². The Balaban J connectivity index is 1.57. The van der Waals surface area contributed by atoms with Gasteiger partial charge >= 0.3 is 6.18 Å². The molecule has 0 saturated carbocycles. The van der Waals surface area contributed by atoms with E-state index in [1.807, 2.05) is 0 Å². The van der Waals surface area contributed by atoms with E-state index in [1.54, 1.807) is 17.0 Å². The van der Waals surface area contributed by atoms with Gasteiger partial charge in [0.15, 0.2) is 5.69 Å². The van der Waals surface area contributed by atoms with Crippen LogP contribution in [0.3, 0.4) is 0 Å². The standard InChI is InChI=1S/C17H15ClF3N7O/c18-11-3-4-13(22-7-11)26-15(29)10-2-1-5-27(8-10)14-6-12(17(19,20)21)25-16-23-9-24-28(14)16/h3-4,6-7,9-10H,1-2,5,8H2,(H,22,26,29). The summed E-state index contributed by atoms with van der Waals surface area (Å²) in [6.07, 6.45) is -0.817. The van der Waals surface area contributed by atoms with Crippen molar-refractivity contribution in [2.75, 3.05) is 23.3 Å². The molecule has 12 heteroatoms. The van der Waals surface area contributed by atoms with Gasteiger partial charge in [-0.2, -0.15) is 27.8 Å². The highest BCUT2D eigenvalue weighted by atomic mass is 35.5. The first-order valence-corrected chi connectivity index (χ1v) is 9.14. The fourth-order valence-electron chi connectivity index (χ4n) is 3.24. The summed E-state index contributed by atoms with van der Waals surface area (Å²) >= 11 is 5.79. The van der Waals surface area contributed by atoms with Crippen molar-refractivity contribution in [3.63, 3.8) is 0 Å². The number of carbonyl (C=O) groups excluding carboxylic acids is 1. The fourth-order valence-corrected chi connectivity index (χ4v) is 3.36. The van der Waals surface area contributed by atoms with E-state index in [1.165, 1.54) is 10.7 Å². The van der Waals surface area contributed by atoms with E-state index in [2.05, 4.69) is 25.4 Å². The minimum atomic E-state index is -4.62. The molecular weight excluding hydrogens is 411 g/mol. The Hall–Kier alpha value is -2.95. The maximum Gasteiger partial charge on any atom is 0.433 e. The summed E-state index contributed by atoms with van der Waals surface area (Å²) in [5, 5.41) is 7.14. The van der Waals surface area contributed by atoms with Crippen molar-refractivity contribution in [2.45, 2.75) is 19.0 Å². The smallest absolute Gasteiger partial charge is 0.356 e. The number of alkyl halides is 3. The van der Waals surface area contributed by atoms with Crippen molar-refractivity contribution < 1.29 is 18.0 Å². The van der Waals surface area contributed by atoms with Gasteiger partial charge in [0, 0.05) is 25.4 Å². The maximum absolute atomic E-state index is 13.2. The van der Waals surface area contributed by atoms with Gasteiger partial charge in [-0.15, -0.1) is 0 Å². The number of nitrogens with one attached hydrogen (secondary N) is 1. The highest BCUT2D eigenvalue weighted by Crippen LogP contribution is 2.32. The number of piperidine rings is 1. The molecule has 1 saturated heterocycles. The summed E-state index contributed by atoms with van der Waals surface area (Å²) in [6, 6.07) is 4.12. The van der Waals surface area contributed by atoms with Gasteiger partial charge in [-0.1, -0.05) is 11.6 Å². The molecule has 3 aromatic rings. The van der Waals surface area contributed by atoms with E-state index in [0.717, 1.165) is 12.4 Å². The number of amides is 1. The minimum absolute atomic E-state index is 0.147. The molecule has 4 heterocycles. The zero-order valence-electron chi connectivity index (χ0n) is 14.9. The minimum Gasteiger partial charge on any atom is -0.356 e. The van der Waals surface area contributed by atoms with E-state index >= 15 is 0 Å². The number of nitrogens with zero attached hydrogens (tertiary/aromatic N) is 6. The molecule has 4 rings (SSSR count). The summed E-state index contributed by atoms with van der Waals surface area (Å²) in [5.74, 6) is -0.279. The number of anilines is 2. The van der Waals surface area contributed by atoms with E-state index in [4.69, 9.17) is 11.6 Å². The Morgan fingerprint density at radius 2 is 2.10 bits per heavy atom. The lowest BCUT2D eigenvalue weighted by atomic mass is 9.97. The van der Waals surface area contributed by atoms with Crippen LogP contribution in [-0.2, 0) is 11.0 Å². The number of fused-ring (bicyclic) bond motifs is 1. The SMILES string of the molecule is O=C(Nc1ccc(Cl)cn1)C1CCCN(c2cc(C(F)(F)F)nc3ncnn23)C1. The molecule has 29 heavy (non-hydrogen) atoms. The molecule has 1 amide bonds. The van der Waals surface area contributed by atoms with Gasteiger partial charge in [0.2, 0.25) is 5.91 Å². The fraction of sp³-hybridized carbons (Fsp3) is 0.353. The van der Waals surface area contributed by atoms with Crippen molar-refractivity contribution in [1.82, 2.24) is 24.6 Å². The Labute approximate surface area is 167 Å². The molecule has 1 aliphatic rings. The third kappa shape index (κ3) is 4.09. The zero-order chi connectivity index (χ0) is 20.6. The average Bonchev–Trinajstić information content (AvgIpc) is 3.17. The molecule has 1 atom stereocenters. The summed E-state index contributed by atoms with van der Waals surface area (Å²) < 4.78 is 40.9. The van der Waals surface area contributed by atoms with E-state index < -0.39 is 17.8 Å². The molecule has 1 N–H and O–H groups in total. The second-order valence-corrected chi connectivity index (χ2v) is 7.04. The molecule has 3 aromatic heterocycles. The van der Waals surface area contributed by atoms with Crippen LogP contribution in [0.4, 0.5) is 24.8 Å². The quantitative estimate of drug-likeness (QED) is 0.694. The van der Waals surface area contributed by atoms with Gasteiger partial charge in [-0.25, -0.2) is 9.97 Å². The molecule has 0 aliphatic carbocycles. The number of halogens is 4. The molecule has 1 unspecified atom stereocenters. The van der Waals surface area contributed by atoms with Gasteiger partial charge < -0.3 is 10.2 Å². The first-order valence-electron chi connectivity index (χ1n) is 8.76. The molecule has 0 bridgehead atoms. The predicted molar refractivity (Wildman–Crippen MR) is 98.6 cm³/mol. The number of hydrogen-bond acceptors (Lipinski definition) is 6. The summed E-state index contributed by atoms with van der Waals surface area (Å²) in [5.41, 5.74) is -1.05. The number of aromatic nitrogens is 5. The molecule has 152 valence electrons. The van der Waals surface area contributed by atoms with Crippen molar-refractivity contribution in [1.29, 1.82) is 0 Å². The van der Waals surface area contributed by atoms with Crippen LogP contribution < -0.4 is 10.2 Å². The van der Waals surface area contributed by atoms with Gasteiger partial charge in [0.05, 0.1) is 10.9 Å². The van der Waals surface area contributed by atoms with Crippen LogP contribution >= 0.6 is 11.6 Å². The highest BCUT2D eigenvalue weighted by Gasteiger charge is 2.35. The first kappa shape index (κ1) is 19.4. The number of carbonyl (C=O) groups is 1. The average molecular weight is 426 g/mol. The summed E-state index contributed by atoms with van der Waals surface area (Å²) in [4.78, 5) is 25.7. The third-order valence-electron chi connectivity index (χ3n) is 4.62. The van der Waals surface area contributed by atoms with Crippen LogP contribution in [0.2, 0.25) is 5.02 Å². The number of hydrogen-bond donors (Lipinski definition) is 1. The van der Waals surface area contributed by atoms with Crippen LogP contribution in [0.25, 0.3) is 5.78 Å². The lowest BCUT2D eigenvalue weighted by Gasteiger charge is -2.33. The van der Waals surface area contributed by atoms with Crippen molar-refractivity contribution >= 4 is 34.9 Å². The molecule has 8 nitrogen and oxygen atoms in total. The Bertz CT molecular complexity index is 1040. The lowest BCUT2D eigenvalue weighted by molar-refractivity contribution is -0.141. The van der Waals surface area contributed by atoms with Crippen LogP contribution in [0.1, 0.15) is 18.5 Å². The van der Waals surface area contributed by atoms with Crippen molar-refractivity contribution in [2.24, 2.45) is 5.92 Å². The molecule has 0 spiro atoms. The number of pyridine rings is 1. The second kappa shape index (κ2) is 7.47. The second-order valence-electron chi connectivity index (χ2n) is 6.61. The van der Waals surface area contributed by atoms with E-state index in [-0.39, 0.29) is 24.0 Å². The Kier molecular flexibility index (Phi) is 4.99. The van der Waals surface area contributed by atoms with Crippen molar-refractivity contribution in [3.05, 3.63) is 41.4 Å². The summed E-state index contributed by atoms with van der Waals surface area (Å²) in [7, 11) is 0. The lowest BCUT2D eigenvalue weighted by Crippen LogP contribution is -2.41. The maximum atomic E-state index is 13.2. The van der Waals surface area contributed by atoms with Crippen LogP contribution in [0.5, 0.6) is 0 Å². The third-order valence-corrected chi connectivity index (χ3v) is 4.84. The van der Waals surface area contributed by atoms with Gasteiger partial charge in [-0.05, 0) is 25.0 Å². The zero-order valence-corrected chi connectivity index (χ0v) is 15.7.